The maximum Gasteiger partial charge on any atom is 0.264 e. The zero-order valence-corrected chi connectivity index (χ0v) is 23.5. The number of amides is 2. The van der Waals surface area contributed by atoms with Crippen LogP contribution in [0.2, 0.25) is 5.02 Å². The van der Waals surface area contributed by atoms with Gasteiger partial charge in [0.05, 0.1) is 10.6 Å². The minimum absolute atomic E-state index is 0.0637. The second kappa shape index (κ2) is 13.4. The fraction of sp³-hybridized carbons (Fsp3) is 0.310. The van der Waals surface area contributed by atoms with Crippen LogP contribution in [0.3, 0.4) is 0 Å². The van der Waals surface area contributed by atoms with E-state index in [1.165, 1.54) is 17.0 Å². The van der Waals surface area contributed by atoms with E-state index in [4.69, 9.17) is 11.6 Å². The highest BCUT2D eigenvalue weighted by atomic mass is 35.5. The number of hydrogen-bond acceptors (Lipinski definition) is 4. The van der Waals surface area contributed by atoms with Crippen molar-refractivity contribution in [3.8, 4) is 0 Å². The number of sulfonamides is 1. The minimum Gasteiger partial charge on any atom is -0.355 e. The highest BCUT2D eigenvalue weighted by Crippen LogP contribution is 2.29. The summed E-state index contributed by atoms with van der Waals surface area (Å²) >= 11 is 6.15. The third-order valence-corrected chi connectivity index (χ3v) is 8.27. The Balaban J connectivity index is 2.02. The van der Waals surface area contributed by atoms with Gasteiger partial charge in [0, 0.05) is 18.1 Å². The summed E-state index contributed by atoms with van der Waals surface area (Å²) in [5, 5.41) is 3.27. The fourth-order valence-electron chi connectivity index (χ4n) is 4.32. The summed E-state index contributed by atoms with van der Waals surface area (Å²) in [6, 6.07) is 21.8. The van der Waals surface area contributed by atoms with E-state index in [1.807, 2.05) is 44.2 Å². The SMILES string of the molecule is CCNC(=O)[C@H](CC)N(CCc1ccccc1)C(=O)CN(c1ccc(Cl)cc1C)S(=O)(=O)c1ccccc1. The maximum absolute atomic E-state index is 13.9. The normalized spacial score (nSPS) is 12.0. The van der Waals surface area contributed by atoms with Crippen LogP contribution in [0.1, 0.15) is 31.4 Å². The lowest BCUT2D eigenvalue weighted by molar-refractivity contribution is -0.139. The number of aryl methyl sites for hydroxylation is 1. The van der Waals surface area contributed by atoms with Gasteiger partial charge < -0.3 is 10.2 Å². The number of carbonyl (C=O) groups excluding carboxylic acids is 2. The van der Waals surface area contributed by atoms with Crippen LogP contribution in [-0.2, 0) is 26.0 Å². The Morgan fingerprint density at radius 1 is 0.947 bits per heavy atom. The topological polar surface area (TPSA) is 86.8 Å². The Bertz CT molecular complexity index is 1330. The van der Waals surface area contributed by atoms with E-state index in [0.717, 1.165) is 9.87 Å². The van der Waals surface area contributed by atoms with E-state index in [2.05, 4.69) is 5.32 Å². The first-order chi connectivity index (χ1) is 18.2. The number of carbonyl (C=O) groups is 2. The molecule has 1 N–H and O–H groups in total. The zero-order chi connectivity index (χ0) is 27.7. The predicted molar refractivity (Wildman–Crippen MR) is 152 cm³/mol. The first-order valence-corrected chi connectivity index (χ1v) is 14.5. The van der Waals surface area contributed by atoms with Gasteiger partial charge in [-0.1, -0.05) is 67.1 Å². The molecule has 0 spiro atoms. The molecule has 0 saturated carbocycles. The molecule has 3 aromatic carbocycles. The summed E-state index contributed by atoms with van der Waals surface area (Å²) < 4.78 is 28.8. The molecule has 0 saturated heterocycles. The molecule has 202 valence electrons. The number of nitrogens with zero attached hydrogens (tertiary/aromatic N) is 2. The molecule has 0 radical (unpaired) electrons. The van der Waals surface area contributed by atoms with Gasteiger partial charge in [-0.05, 0) is 68.1 Å². The lowest BCUT2D eigenvalue weighted by Gasteiger charge is -2.33. The number of likely N-dealkylation sites (N-methyl/N-ethyl adjacent to an activating group) is 1. The van der Waals surface area contributed by atoms with Gasteiger partial charge >= 0.3 is 0 Å². The van der Waals surface area contributed by atoms with Crippen LogP contribution < -0.4 is 9.62 Å². The molecule has 9 heteroatoms. The molecule has 2 amide bonds. The summed E-state index contributed by atoms with van der Waals surface area (Å²) in [6.07, 6.45) is 0.908. The Hall–Kier alpha value is -3.36. The summed E-state index contributed by atoms with van der Waals surface area (Å²) in [6.45, 7) is 5.62. The Morgan fingerprint density at radius 3 is 2.16 bits per heavy atom. The van der Waals surface area contributed by atoms with Crippen LogP contribution in [0, 0.1) is 6.92 Å². The second-order valence-electron chi connectivity index (χ2n) is 8.90. The molecule has 0 unspecified atom stereocenters. The third kappa shape index (κ3) is 7.14. The average Bonchev–Trinajstić information content (AvgIpc) is 2.91. The minimum atomic E-state index is -4.11. The van der Waals surface area contributed by atoms with Gasteiger partial charge in [-0.25, -0.2) is 8.42 Å². The Morgan fingerprint density at radius 2 is 1.58 bits per heavy atom. The number of nitrogens with one attached hydrogen (secondary N) is 1. The van der Waals surface area contributed by atoms with Gasteiger partial charge in [0.25, 0.3) is 10.0 Å². The zero-order valence-electron chi connectivity index (χ0n) is 21.9. The van der Waals surface area contributed by atoms with Crippen LogP contribution in [0.4, 0.5) is 5.69 Å². The quantitative estimate of drug-likeness (QED) is 0.347. The molecule has 0 aliphatic carbocycles. The molecule has 3 rings (SSSR count). The molecule has 0 aliphatic heterocycles. The third-order valence-electron chi connectivity index (χ3n) is 6.26. The Labute approximate surface area is 230 Å². The van der Waals surface area contributed by atoms with E-state index < -0.39 is 28.5 Å². The predicted octanol–water partition coefficient (Wildman–Crippen LogP) is 4.83. The molecule has 0 bridgehead atoms. The van der Waals surface area contributed by atoms with Crippen molar-refractivity contribution in [1.29, 1.82) is 0 Å². The van der Waals surface area contributed by atoms with E-state index in [1.54, 1.807) is 43.3 Å². The summed E-state index contributed by atoms with van der Waals surface area (Å²) in [5.41, 5.74) is 1.97. The summed E-state index contributed by atoms with van der Waals surface area (Å²) in [7, 11) is -4.11. The number of rotatable bonds is 12. The van der Waals surface area contributed by atoms with Crippen LogP contribution in [0.15, 0.2) is 83.8 Å². The molecule has 0 aliphatic rings. The van der Waals surface area contributed by atoms with Crippen molar-refractivity contribution in [2.24, 2.45) is 0 Å². The van der Waals surface area contributed by atoms with Crippen LogP contribution in [-0.4, -0.2) is 50.8 Å². The molecule has 1 atom stereocenters. The molecule has 0 heterocycles. The molecule has 0 aromatic heterocycles. The average molecular weight is 556 g/mol. The van der Waals surface area contributed by atoms with Gasteiger partial charge in [-0.3, -0.25) is 13.9 Å². The highest BCUT2D eigenvalue weighted by molar-refractivity contribution is 7.92. The van der Waals surface area contributed by atoms with Crippen LogP contribution >= 0.6 is 11.6 Å². The van der Waals surface area contributed by atoms with Gasteiger partial charge in [0.2, 0.25) is 11.8 Å². The highest BCUT2D eigenvalue weighted by Gasteiger charge is 2.33. The molecule has 0 fully saturated rings. The Kier molecular flexibility index (Phi) is 10.3. The van der Waals surface area contributed by atoms with Crippen molar-refractivity contribution in [1.82, 2.24) is 10.2 Å². The van der Waals surface area contributed by atoms with Gasteiger partial charge in [-0.15, -0.1) is 0 Å². The number of benzene rings is 3. The first-order valence-electron chi connectivity index (χ1n) is 12.6. The van der Waals surface area contributed by atoms with Gasteiger partial charge in [0.15, 0.2) is 0 Å². The standard InChI is InChI=1S/C29H34ClN3O4S/c1-4-26(29(35)31-5-2)32(19-18-23-12-8-6-9-13-23)28(34)21-33(27-17-16-24(30)20-22(27)3)38(36,37)25-14-10-7-11-15-25/h6-17,20,26H,4-5,18-19,21H2,1-3H3,(H,31,35)/t26-/m0/s1. The van der Waals surface area contributed by atoms with Crippen molar-refractivity contribution in [2.75, 3.05) is 23.9 Å². The van der Waals surface area contributed by atoms with E-state index in [-0.39, 0.29) is 17.3 Å². The summed E-state index contributed by atoms with van der Waals surface area (Å²) in [5.74, 6) is -0.732. The summed E-state index contributed by atoms with van der Waals surface area (Å²) in [4.78, 5) is 28.4. The molecular formula is C29H34ClN3O4S. The van der Waals surface area contributed by atoms with E-state index in [0.29, 0.717) is 35.7 Å². The van der Waals surface area contributed by atoms with Gasteiger partial charge in [-0.2, -0.15) is 0 Å². The fourth-order valence-corrected chi connectivity index (χ4v) is 6.05. The molecule has 7 nitrogen and oxygen atoms in total. The van der Waals surface area contributed by atoms with Crippen molar-refractivity contribution in [3.63, 3.8) is 0 Å². The number of halogens is 1. The first kappa shape index (κ1) is 29.2. The van der Waals surface area contributed by atoms with E-state index in [9.17, 15) is 18.0 Å². The van der Waals surface area contributed by atoms with Gasteiger partial charge in [0.1, 0.15) is 12.6 Å². The van der Waals surface area contributed by atoms with Crippen molar-refractivity contribution in [3.05, 3.63) is 95.0 Å². The molecular weight excluding hydrogens is 522 g/mol. The maximum atomic E-state index is 13.9. The van der Waals surface area contributed by atoms with E-state index >= 15 is 0 Å². The molecule has 38 heavy (non-hydrogen) atoms. The number of anilines is 1. The molecule has 3 aromatic rings. The van der Waals surface area contributed by atoms with Crippen molar-refractivity contribution in [2.45, 2.75) is 44.6 Å². The lowest BCUT2D eigenvalue weighted by atomic mass is 10.1. The number of hydrogen-bond donors (Lipinski definition) is 1. The largest absolute Gasteiger partial charge is 0.355 e. The lowest BCUT2D eigenvalue weighted by Crippen LogP contribution is -2.53. The second-order valence-corrected chi connectivity index (χ2v) is 11.2. The van der Waals surface area contributed by atoms with Crippen LogP contribution in [0.5, 0.6) is 0 Å². The van der Waals surface area contributed by atoms with Crippen molar-refractivity contribution >= 4 is 39.1 Å². The monoisotopic (exact) mass is 555 g/mol. The van der Waals surface area contributed by atoms with Crippen LogP contribution in [0.25, 0.3) is 0 Å². The smallest absolute Gasteiger partial charge is 0.264 e. The van der Waals surface area contributed by atoms with Crippen molar-refractivity contribution < 1.29 is 18.0 Å².